The molecule has 7 nitrogen and oxygen atoms in total. The minimum absolute atomic E-state index is 0.297. The van der Waals surface area contributed by atoms with Crippen LogP contribution in [0.25, 0.3) is 0 Å². The standard InChI is InChI=1S/C25H45N3O4/c1-19(29)16-14-12-10-8-6-7-9-11-13-15-17-28-23(2,3)18-25(20(30)24(28,4)5)21(31)26-22(32)27-25/h20,30H,6-18H2,1-5H3,(H2,26,27,31,32). The summed E-state index contributed by atoms with van der Waals surface area (Å²) in [7, 11) is 0. The number of carbonyl (C=O) groups excluding carboxylic acids is 3. The fraction of sp³-hybridized carbons (Fsp3) is 0.880. The zero-order valence-electron chi connectivity index (χ0n) is 20.9. The van der Waals surface area contributed by atoms with E-state index in [1.54, 1.807) is 6.92 Å². The number of likely N-dealkylation sites (tertiary alicyclic amines) is 1. The lowest BCUT2D eigenvalue weighted by atomic mass is 9.66. The molecule has 0 saturated carbocycles. The Morgan fingerprint density at radius 3 is 1.91 bits per heavy atom. The number of unbranched alkanes of at least 4 members (excludes halogenated alkanes) is 9. The topological polar surface area (TPSA) is 98.7 Å². The summed E-state index contributed by atoms with van der Waals surface area (Å²) in [5.41, 5.74) is -2.23. The predicted molar refractivity (Wildman–Crippen MR) is 126 cm³/mol. The van der Waals surface area contributed by atoms with Gasteiger partial charge in [0.05, 0.1) is 0 Å². The normalized spacial score (nSPS) is 26.9. The van der Waals surface area contributed by atoms with Crippen molar-refractivity contribution in [2.45, 2.75) is 134 Å². The first kappa shape index (κ1) is 26.8. The second-order valence-electron chi connectivity index (χ2n) is 11.1. The van der Waals surface area contributed by atoms with E-state index in [1.165, 1.54) is 44.9 Å². The Morgan fingerprint density at radius 1 is 0.938 bits per heavy atom. The van der Waals surface area contributed by atoms with E-state index in [-0.39, 0.29) is 5.54 Å². The minimum Gasteiger partial charge on any atom is -0.388 e. The summed E-state index contributed by atoms with van der Waals surface area (Å²) < 4.78 is 0. The lowest BCUT2D eigenvalue weighted by Gasteiger charge is -2.60. The van der Waals surface area contributed by atoms with Crippen molar-refractivity contribution in [3.8, 4) is 0 Å². The van der Waals surface area contributed by atoms with Gasteiger partial charge in [0.2, 0.25) is 0 Å². The van der Waals surface area contributed by atoms with E-state index < -0.39 is 29.1 Å². The molecule has 2 saturated heterocycles. The SMILES string of the molecule is CC(=O)CCCCCCCCCCCCN1C(C)(C)CC2(NC(=O)NC2=O)C(O)C1(C)C. The number of urea groups is 1. The van der Waals surface area contributed by atoms with E-state index >= 15 is 0 Å². The number of hydrogen-bond donors (Lipinski definition) is 3. The van der Waals surface area contributed by atoms with Gasteiger partial charge in [-0.05, 0) is 54.0 Å². The Labute approximate surface area is 194 Å². The molecule has 0 aromatic carbocycles. The summed E-state index contributed by atoms with van der Waals surface area (Å²) in [6.45, 7) is 10.6. The molecule has 0 aliphatic carbocycles. The number of nitrogens with zero attached hydrogens (tertiary/aromatic N) is 1. The van der Waals surface area contributed by atoms with E-state index in [0.717, 1.165) is 32.2 Å². The van der Waals surface area contributed by atoms with Crippen LogP contribution >= 0.6 is 0 Å². The van der Waals surface area contributed by atoms with Crippen LogP contribution in [0, 0.1) is 0 Å². The number of aliphatic hydroxyl groups excluding tert-OH is 1. The van der Waals surface area contributed by atoms with Crippen LogP contribution in [0.5, 0.6) is 0 Å². The van der Waals surface area contributed by atoms with Gasteiger partial charge < -0.3 is 15.2 Å². The number of imide groups is 1. The number of amides is 3. The number of carbonyl (C=O) groups is 3. The van der Waals surface area contributed by atoms with E-state index in [9.17, 15) is 19.5 Å². The molecule has 3 N–H and O–H groups in total. The van der Waals surface area contributed by atoms with E-state index in [4.69, 9.17) is 0 Å². The molecular formula is C25H45N3O4. The highest BCUT2D eigenvalue weighted by Crippen LogP contribution is 2.45. The number of nitrogens with one attached hydrogen (secondary N) is 2. The number of aliphatic hydroxyl groups is 1. The maximum atomic E-state index is 12.6. The van der Waals surface area contributed by atoms with Crippen LogP contribution in [0.4, 0.5) is 4.79 Å². The van der Waals surface area contributed by atoms with Gasteiger partial charge in [0, 0.05) is 23.9 Å². The van der Waals surface area contributed by atoms with E-state index in [2.05, 4.69) is 29.4 Å². The van der Waals surface area contributed by atoms with Crippen LogP contribution in [0.15, 0.2) is 0 Å². The third kappa shape index (κ3) is 6.31. The van der Waals surface area contributed by atoms with Crippen molar-refractivity contribution < 1.29 is 19.5 Å². The third-order valence-electron chi connectivity index (χ3n) is 7.40. The van der Waals surface area contributed by atoms with Crippen molar-refractivity contribution >= 4 is 17.7 Å². The van der Waals surface area contributed by atoms with Crippen LogP contribution < -0.4 is 10.6 Å². The second-order valence-corrected chi connectivity index (χ2v) is 11.1. The molecule has 2 aliphatic rings. The fourth-order valence-corrected chi connectivity index (χ4v) is 5.88. The number of ketones is 1. The van der Waals surface area contributed by atoms with Gasteiger partial charge in [-0.15, -0.1) is 0 Å². The Kier molecular flexibility index (Phi) is 9.29. The molecule has 184 valence electrons. The molecule has 3 amide bonds. The summed E-state index contributed by atoms with van der Waals surface area (Å²) in [6, 6.07) is -0.523. The van der Waals surface area contributed by atoms with Gasteiger partial charge in [0.1, 0.15) is 11.9 Å². The number of hydrogen-bond acceptors (Lipinski definition) is 5. The maximum absolute atomic E-state index is 12.6. The van der Waals surface area contributed by atoms with Gasteiger partial charge in [-0.25, -0.2) is 4.79 Å². The fourth-order valence-electron chi connectivity index (χ4n) is 5.88. The molecule has 2 atom stereocenters. The Morgan fingerprint density at radius 2 is 1.44 bits per heavy atom. The van der Waals surface area contributed by atoms with E-state index in [1.807, 2.05) is 13.8 Å². The van der Waals surface area contributed by atoms with Crippen LogP contribution in [0.1, 0.15) is 112 Å². The zero-order valence-corrected chi connectivity index (χ0v) is 20.9. The Bertz CT molecular complexity index is 676. The quantitative estimate of drug-likeness (QED) is 0.290. The number of piperidine rings is 1. The second kappa shape index (κ2) is 11.1. The summed E-state index contributed by atoms with van der Waals surface area (Å²) in [5.74, 6) is -0.124. The molecule has 7 heteroatoms. The smallest absolute Gasteiger partial charge is 0.322 e. The third-order valence-corrected chi connectivity index (χ3v) is 7.40. The van der Waals surface area contributed by atoms with Crippen LogP contribution in [0.3, 0.4) is 0 Å². The van der Waals surface area contributed by atoms with Gasteiger partial charge >= 0.3 is 6.03 Å². The largest absolute Gasteiger partial charge is 0.388 e. The lowest BCUT2D eigenvalue weighted by molar-refractivity contribution is -0.163. The molecule has 0 aromatic heterocycles. The van der Waals surface area contributed by atoms with Gasteiger partial charge in [-0.3, -0.25) is 15.0 Å². The minimum atomic E-state index is -1.26. The molecule has 1 spiro atoms. The van der Waals surface area contributed by atoms with Crippen molar-refractivity contribution in [1.82, 2.24) is 15.5 Å². The molecule has 2 heterocycles. The predicted octanol–water partition coefficient (Wildman–Crippen LogP) is 4.07. The molecule has 2 unspecified atom stereocenters. The average molecular weight is 452 g/mol. The number of rotatable bonds is 13. The Balaban J connectivity index is 1.70. The van der Waals surface area contributed by atoms with Crippen LogP contribution in [0.2, 0.25) is 0 Å². The summed E-state index contributed by atoms with van der Waals surface area (Å²) in [5, 5.41) is 16.2. The molecular weight excluding hydrogens is 406 g/mol. The highest BCUT2D eigenvalue weighted by atomic mass is 16.3. The highest BCUT2D eigenvalue weighted by molar-refractivity contribution is 6.07. The van der Waals surface area contributed by atoms with Crippen molar-refractivity contribution in [3.05, 3.63) is 0 Å². The first-order chi connectivity index (χ1) is 14.9. The number of Topliss-reactive ketones (excluding diaryl/α,β-unsaturated/α-hetero) is 1. The maximum Gasteiger partial charge on any atom is 0.322 e. The monoisotopic (exact) mass is 451 g/mol. The summed E-state index contributed by atoms with van der Waals surface area (Å²) in [6.07, 6.45) is 12.0. The first-order valence-corrected chi connectivity index (χ1v) is 12.5. The van der Waals surface area contributed by atoms with Crippen LogP contribution in [-0.4, -0.2) is 57.0 Å². The van der Waals surface area contributed by atoms with Gasteiger partial charge in [-0.2, -0.15) is 0 Å². The molecule has 2 rings (SSSR count). The first-order valence-electron chi connectivity index (χ1n) is 12.5. The highest BCUT2D eigenvalue weighted by Gasteiger charge is 2.64. The van der Waals surface area contributed by atoms with Crippen molar-refractivity contribution in [1.29, 1.82) is 0 Å². The Hall–Kier alpha value is -1.47. The molecule has 2 fully saturated rings. The average Bonchev–Trinajstić information content (AvgIpc) is 2.96. The van der Waals surface area contributed by atoms with Crippen LogP contribution in [-0.2, 0) is 9.59 Å². The molecule has 2 aliphatic heterocycles. The van der Waals surface area contributed by atoms with Gasteiger partial charge in [-0.1, -0.05) is 51.4 Å². The molecule has 0 radical (unpaired) electrons. The van der Waals surface area contributed by atoms with E-state index in [0.29, 0.717) is 12.2 Å². The lowest BCUT2D eigenvalue weighted by Crippen LogP contribution is -2.77. The molecule has 0 bridgehead atoms. The summed E-state index contributed by atoms with van der Waals surface area (Å²) >= 11 is 0. The van der Waals surface area contributed by atoms with Crippen molar-refractivity contribution in [2.24, 2.45) is 0 Å². The summed E-state index contributed by atoms with van der Waals surface area (Å²) in [4.78, 5) is 37.6. The van der Waals surface area contributed by atoms with Crippen molar-refractivity contribution in [3.63, 3.8) is 0 Å². The zero-order chi connectivity index (χ0) is 24.0. The molecule has 32 heavy (non-hydrogen) atoms. The molecule has 0 aromatic rings. The van der Waals surface area contributed by atoms with Gasteiger partial charge in [0.25, 0.3) is 5.91 Å². The van der Waals surface area contributed by atoms with Gasteiger partial charge in [0.15, 0.2) is 5.54 Å². The van der Waals surface area contributed by atoms with Crippen molar-refractivity contribution in [2.75, 3.05) is 6.54 Å².